The van der Waals surface area contributed by atoms with Crippen LogP contribution in [0, 0.1) is 0 Å². The molecule has 0 fully saturated rings. The number of carbonyl (C=O) groups excluding carboxylic acids is 1. The second kappa shape index (κ2) is 8.25. The van der Waals surface area contributed by atoms with Gasteiger partial charge in [-0.25, -0.2) is 0 Å². The van der Waals surface area contributed by atoms with Gasteiger partial charge in [0.25, 0.3) is 0 Å². The number of methoxy groups -OCH3 is 2. The van der Waals surface area contributed by atoms with Crippen LogP contribution in [0.3, 0.4) is 0 Å². The summed E-state index contributed by atoms with van der Waals surface area (Å²) in [6, 6.07) is 5.72. The van der Waals surface area contributed by atoms with E-state index < -0.39 is 0 Å². The van der Waals surface area contributed by atoms with Gasteiger partial charge in [-0.15, -0.1) is 0 Å². The Kier molecular flexibility index (Phi) is 6.64. The highest BCUT2D eigenvalue weighted by atomic mass is 16.5. The number of nitrogens with one attached hydrogen (secondary N) is 1. The molecule has 1 N–H and O–H groups in total. The van der Waals surface area contributed by atoms with E-state index in [1.165, 1.54) is 6.08 Å². The first-order chi connectivity index (χ1) is 9.60. The van der Waals surface area contributed by atoms with Crippen LogP contribution >= 0.6 is 0 Å². The van der Waals surface area contributed by atoms with Crippen LogP contribution in [-0.4, -0.2) is 26.2 Å². The Bertz CT molecular complexity index is 469. The Labute approximate surface area is 120 Å². The van der Waals surface area contributed by atoms with Crippen LogP contribution in [-0.2, 0) is 4.79 Å². The molecule has 1 amide bonds. The lowest BCUT2D eigenvalue weighted by molar-refractivity contribution is -0.117. The molecule has 0 aliphatic heterocycles. The molecule has 0 spiro atoms. The molecule has 0 heterocycles. The zero-order valence-corrected chi connectivity index (χ0v) is 12.6. The van der Waals surface area contributed by atoms with Crippen LogP contribution in [0.15, 0.2) is 24.3 Å². The van der Waals surface area contributed by atoms with Crippen molar-refractivity contribution in [3.05, 3.63) is 29.8 Å². The molecular weight excluding hydrogens is 254 g/mol. The summed E-state index contributed by atoms with van der Waals surface area (Å²) in [5.74, 6) is 1.24. The van der Waals surface area contributed by atoms with E-state index in [0.29, 0.717) is 11.5 Å². The van der Waals surface area contributed by atoms with Crippen LogP contribution in [0.5, 0.6) is 11.5 Å². The summed E-state index contributed by atoms with van der Waals surface area (Å²) in [4.78, 5) is 11.7. The summed E-state index contributed by atoms with van der Waals surface area (Å²) in [6.07, 6.45) is 5.33. The van der Waals surface area contributed by atoms with Crippen LogP contribution in [0.4, 0.5) is 0 Å². The van der Waals surface area contributed by atoms with Gasteiger partial charge in [0.2, 0.25) is 5.91 Å². The van der Waals surface area contributed by atoms with Crippen molar-refractivity contribution < 1.29 is 14.3 Å². The van der Waals surface area contributed by atoms with E-state index >= 15 is 0 Å². The smallest absolute Gasteiger partial charge is 0.244 e. The van der Waals surface area contributed by atoms with E-state index in [9.17, 15) is 4.79 Å². The molecule has 0 aromatic heterocycles. The predicted octanol–water partition coefficient (Wildman–Crippen LogP) is 3.02. The van der Waals surface area contributed by atoms with Gasteiger partial charge in [0, 0.05) is 12.1 Å². The molecule has 4 nitrogen and oxygen atoms in total. The van der Waals surface area contributed by atoms with Gasteiger partial charge in [-0.3, -0.25) is 4.79 Å². The third kappa shape index (κ3) is 4.96. The molecule has 0 saturated heterocycles. The monoisotopic (exact) mass is 277 g/mol. The van der Waals surface area contributed by atoms with E-state index in [-0.39, 0.29) is 11.9 Å². The van der Waals surface area contributed by atoms with E-state index in [4.69, 9.17) is 9.47 Å². The average Bonchev–Trinajstić information content (AvgIpc) is 2.44. The van der Waals surface area contributed by atoms with Gasteiger partial charge in [-0.1, -0.05) is 19.4 Å². The fourth-order valence-electron chi connectivity index (χ4n) is 1.92. The maximum Gasteiger partial charge on any atom is 0.244 e. The number of hydrogen-bond acceptors (Lipinski definition) is 3. The second-order valence-corrected chi connectivity index (χ2v) is 4.65. The largest absolute Gasteiger partial charge is 0.493 e. The van der Waals surface area contributed by atoms with Gasteiger partial charge in [0.1, 0.15) is 0 Å². The van der Waals surface area contributed by atoms with Crippen molar-refractivity contribution in [2.24, 2.45) is 0 Å². The highest BCUT2D eigenvalue weighted by Gasteiger charge is 2.04. The van der Waals surface area contributed by atoms with E-state index in [1.54, 1.807) is 20.3 Å². The molecule has 1 atom stereocenters. The molecule has 1 aromatic rings. The van der Waals surface area contributed by atoms with E-state index in [1.807, 2.05) is 25.1 Å². The topological polar surface area (TPSA) is 47.6 Å². The highest BCUT2D eigenvalue weighted by molar-refractivity contribution is 5.91. The number of carbonyl (C=O) groups is 1. The Morgan fingerprint density at radius 1 is 1.30 bits per heavy atom. The molecule has 1 aromatic carbocycles. The summed E-state index contributed by atoms with van der Waals surface area (Å²) in [5.41, 5.74) is 0.890. The van der Waals surface area contributed by atoms with Crippen molar-refractivity contribution in [3.8, 4) is 11.5 Å². The molecule has 0 aliphatic carbocycles. The van der Waals surface area contributed by atoms with Crippen molar-refractivity contribution in [1.82, 2.24) is 5.32 Å². The molecule has 0 radical (unpaired) electrons. The van der Waals surface area contributed by atoms with Crippen LogP contribution < -0.4 is 14.8 Å². The normalized spacial score (nSPS) is 12.2. The lowest BCUT2D eigenvalue weighted by atomic mass is 10.1. The van der Waals surface area contributed by atoms with Crippen LogP contribution in [0.25, 0.3) is 6.08 Å². The Balaban J connectivity index is 2.68. The van der Waals surface area contributed by atoms with Gasteiger partial charge < -0.3 is 14.8 Å². The Morgan fingerprint density at radius 3 is 2.60 bits per heavy atom. The first-order valence-corrected chi connectivity index (χ1v) is 6.81. The van der Waals surface area contributed by atoms with Crippen molar-refractivity contribution in [3.63, 3.8) is 0 Å². The maximum absolute atomic E-state index is 11.7. The molecule has 0 saturated carbocycles. The minimum atomic E-state index is -0.0827. The average molecular weight is 277 g/mol. The van der Waals surface area contributed by atoms with E-state index in [2.05, 4.69) is 12.2 Å². The Morgan fingerprint density at radius 2 is 2.00 bits per heavy atom. The van der Waals surface area contributed by atoms with Crippen LogP contribution in [0.1, 0.15) is 32.3 Å². The first-order valence-electron chi connectivity index (χ1n) is 6.81. The molecule has 1 rings (SSSR count). The van der Waals surface area contributed by atoms with Gasteiger partial charge >= 0.3 is 0 Å². The van der Waals surface area contributed by atoms with Gasteiger partial charge in [0.05, 0.1) is 14.2 Å². The molecule has 110 valence electrons. The third-order valence-corrected chi connectivity index (χ3v) is 2.95. The maximum atomic E-state index is 11.7. The number of benzene rings is 1. The fourth-order valence-corrected chi connectivity index (χ4v) is 1.92. The SMILES string of the molecule is CCCC(C)NC(=O)C=Cc1ccc(OC)c(OC)c1. The highest BCUT2D eigenvalue weighted by Crippen LogP contribution is 2.27. The third-order valence-electron chi connectivity index (χ3n) is 2.95. The molecular formula is C16H23NO3. The van der Waals surface area contributed by atoms with Gasteiger partial charge in [0.15, 0.2) is 11.5 Å². The number of ether oxygens (including phenoxy) is 2. The molecule has 0 bridgehead atoms. The molecule has 1 unspecified atom stereocenters. The summed E-state index contributed by atoms with van der Waals surface area (Å²) < 4.78 is 10.4. The lowest BCUT2D eigenvalue weighted by Crippen LogP contribution is -2.30. The van der Waals surface area contributed by atoms with E-state index in [0.717, 1.165) is 18.4 Å². The van der Waals surface area contributed by atoms with Crippen LogP contribution in [0.2, 0.25) is 0 Å². The van der Waals surface area contributed by atoms with Crippen molar-refractivity contribution in [2.45, 2.75) is 32.7 Å². The number of rotatable bonds is 7. The van der Waals surface area contributed by atoms with Crippen molar-refractivity contribution in [2.75, 3.05) is 14.2 Å². The first kappa shape index (κ1) is 16.1. The van der Waals surface area contributed by atoms with Gasteiger partial charge in [-0.2, -0.15) is 0 Å². The van der Waals surface area contributed by atoms with Crippen molar-refractivity contribution >= 4 is 12.0 Å². The minimum absolute atomic E-state index is 0.0827. The second-order valence-electron chi connectivity index (χ2n) is 4.65. The standard InChI is InChI=1S/C16H23NO3/c1-5-6-12(2)17-16(18)10-8-13-7-9-14(19-3)15(11-13)20-4/h7-12H,5-6H2,1-4H3,(H,17,18). The molecule has 20 heavy (non-hydrogen) atoms. The molecule has 0 aliphatic rings. The summed E-state index contributed by atoms with van der Waals surface area (Å²) in [6.45, 7) is 4.10. The van der Waals surface area contributed by atoms with Gasteiger partial charge in [-0.05, 0) is 37.1 Å². The quantitative estimate of drug-likeness (QED) is 0.779. The summed E-state index contributed by atoms with van der Waals surface area (Å²) in [7, 11) is 3.18. The van der Waals surface area contributed by atoms with Crippen molar-refractivity contribution in [1.29, 1.82) is 0 Å². The summed E-state index contributed by atoms with van der Waals surface area (Å²) in [5, 5.41) is 2.92. The number of amides is 1. The summed E-state index contributed by atoms with van der Waals surface area (Å²) >= 11 is 0. The zero-order chi connectivity index (χ0) is 15.0. The molecule has 4 heteroatoms. The Hall–Kier alpha value is -1.97. The fraction of sp³-hybridized carbons (Fsp3) is 0.438. The predicted molar refractivity (Wildman–Crippen MR) is 81.1 cm³/mol. The number of hydrogen-bond donors (Lipinski definition) is 1. The lowest BCUT2D eigenvalue weighted by Gasteiger charge is -2.10. The zero-order valence-electron chi connectivity index (χ0n) is 12.6. The minimum Gasteiger partial charge on any atom is -0.493 e.